The van der Waals surface area contributed by atoms with Crippen molar-refractivity contribution in [3.05, 3.63) is 0 Å². The van der Waals surface area contributed by atoms with Crippen molar-refractivity contribution < 1.29 is 10.5 Å². The number of quaternary nitrogens is 1. The summed E-state index contributed by atoms with van der Waals surface area (Å²) >= 11 is 0. The Balaban J connectivity index is 2.50. The van der Waals surface area contributed by atoms with Gasteiger partial charge in [0.1, 0.15) is 0 Å². The van der Waals surface area contributed by atoms with E-state index in [1.54, 1.807) is 0 Å². The Labute approximate surface area is 107 Å². The molecule has 0 aromatic carbocycles. The third-order valence-electron chi connectivity index (χ3n) is 4.09. The third-order valence-corrected chi connectivity index (χ3v) is 4.09. The van der Waals surface area contributed by atoms with Crippen molar-refractivity contribution in [1.82, 2.24) is 0 Å². The van der Waals surface area contributed by atoms with Crippen LogP contribution in [-0.4, -0.2) is 18.8 Å². The van der Waals surface area contributed by atoms with Crippen molar-refractivity contribution in [3.63, 3.8) is 0 Å². The molecule has 1 heterocycles. The lowest BCUT2D eigenvalue weighted by Crippen LogP contribution is -2.51. The second-order valence-corrected chi connectivity index (χ2v) is 6.73. The molecule has 3 N–H and O–H groups in total. The molecule has 0 saturated carbocycles. The van der Waals surface area contributed by atoms with Gasteiger partial charge in [0, 0.05) is 6.61 Å². The van der Waals surface area contributed by atoms with Crippen molar-refractivity contribution in [1.29, 1.82) is 0 Å². The standard InChI is InChI=1S/C15H31NO/c1-12(2)5-6-13(7-9-16)14-8-10-17-15(3,4)11-14/h12-14H,5-11,16H2,1-4H3/p+1/t13-,14-/m1/s1. The van der Waals surface area contributed by atoms with E-state index in [2.05, 4.69) is 33.4 Å². The van der Waals surface area contributed by atoms with Crippen LogP contribution in [0.5, 0.6) is 0 Å². The summed E-state index contributed by atoms with van der Waals surface area (Å²) in [6, 6.07) is 0. The minimum atomic E-state index is 0.0974. The van der Waals surface area contributed by atoms with E-state index in [1.165, 1.54) is 32.1 Å². The Bertz CT molecular complexity index is 213. The number of hydrogen-bond donors (Lipinski definition) is 1. The van der Waals surface area contributed by atoms with Crippen LogP contribution in [0.2, 0.25) is 0 Å². The molecule has 0 aromatic heterocycles. The number of rotatable bonds is 6. The minimum absolute atomic E-state index is 0.0974. The van der Waals surface area contributed by atoms with Gasteiger partial charge >= 0.3 is 0 Å². The highest BCUT2D eigenvalue weighted by atomic mass is 16.5. The van der Waals surface area contributed by atoms with E-state index < -0.39 is 0 Å². The Morgan fingerprint density at radius 2 is 1.94 bits per heavy atom. The predicted octanol–water partition coefficient (Wildman–Crippen LogP) is 2.88. The Morgan fingerprint density at radius 1 is 1.24 bits per heavy atom. The fourth-order valence-electron chi connectivity index (χ4n) is 3.11. The maximum Gasteiger partial charge on any atom is 0.0742 e. The molecule has 2 heteroatoms. The van der Waals surface area contributed by atoms with Gasteiger partial charge in [-0.05, 0) is 57.3 Å². The van der Waals surface area contributed by atoms with Crippen molar-refractivity contribution in [2.45, 2.75) is 65.4 Å². The lowest BCUT2D eigenvalue weighted by atomic mass is 9.76. The molecule has 0 aliphatic carbocycles. The summed E-state index contributed by atoms with van der Waals surface area (Å²) in [5.41, 5.74) is 4.15. The van der Waals surface area contributed by atoms with E-state index in [-0.39, 0.29) is 5.60 Å². The van der Waals surface area contributed by atoms with E-state index in [1.807, 2.05) is 0 Å². The quantitative estimate of drug-likeness (QED) is 0.764. The fraction of sp³-hybridized carbons (Fsp3) is 1.00. The zero-order valence-corrected chi connectivity index (χ0v) is 12.3. The van der Waals surface area contributed by atoms with Gasteiger partial charge in [-0.2, -0.15) is 0 Å². The molecule has 1 aliphatic rings. The topological polar surface area (TPSA) is 36.9 Å². The number of hydrogen-bond acceptors (Lipinski definition) is 1. The lowest BCUT2D eigenvalue weighted by Gasteiger charge is -2.39. The number of ether oxygens (including phenoxy) is 1. The van der Waals surface area contributed by atoms with Crippen LogP contribution in [0.25, 0.3) is 0 Å². The molecule has 0 aromatic rings. The second-order valence-electron chi connectivity index (χ2n) is 6.73. The van der Waals surface area contributed by atoms with E-state index in [9.17, 15) is 0 Å². The van der Waals surface area contributed by atoms with Crippen LogP contribution >= 0.6 is 0 Å². The maximum absolute atomic E-state index is 5.83. The van der Waals surface area contributed by atoms with E-state index in [0.29, 0.717) is 0 Å². The van der Waals surface area contributed by atoms with Crippen LogP contribution in [-0.2, 0) is 4.74 Å². The van der Waals surface area contributed by atoms with Crippen molar-refractivity contribution in [3.8, 4) is 0 Å². The molecule has 0 bridgehead atoms. The van der Waals surface area contributed by atoms with Crippen LogP contribution in [0.1, 0.15) is 59.8 Å². The molecule has 0 unspecified atom stereocenters. The third kappa shape index (κ3) is 5.39. The maximum atomic E-state index is 5.83. The summed E-state index contributed by atoms with van der Waals surface area (Å²) in [6.07, 6.45) is 6.53. The van der Waals surface area contributed by atoms with Crippen LogP contribution in [0.15, 0.2) is 0 Å². The summed E-state index contributed by atoms with van der Waals surface area (Å²) < 4.78 is 5.83. The van der Waals surface area contributed by atoms with Gasteiger partial charge in [0.05, 0.1) is 12.1 Å². The van der Waals surface area contributed by atoms with Crippen LogP contribution in [0.4, 0.5) is 0 Å². The monoisotopic (exact) mass is 242 g/mol. The highest BCUT2D eigenvalue weighted by Gasteiger charge is 2.33. The molecule has 1 saturated heterocycles. The second kappa shape index (κ2) is 6.75. The largest absolute Gasteiger partial charge is 0.376 e. The van der Waals surface area contributed by atoms with Gasteiger partial charge in [-0.15, -0.1) is 0 Å². The first kappa shape index (κ1) is 15.0. The molecule has 1 rings (SSSR count). The first-order valence-corrected chi connectivity index (χ1v) is 7.38. The molecule has 1 aliphatic heterocycles. The smallest absolute Gasteiger partial charge is 0.0742 e. The summed E-state index contributed by atoms with van der Waals surface area (Å²) in [5, 5.41) is 0. The Kier molecular flexibility index (Phi) is 5.94. The average Bonchev–Trinajstić information content (AvgIpc) is 2.22. The van der Waals surface area contributed by atoms with Gasteiger partial charge < -0.3 is 10.5 Å². The zero-order valence-electron chi connectivity index (χ0n) is 12.3. The fourth-order valence-corrected chi connectivity index (χ4v) is 3.11. The van der Waals surface area contributed by atoms with Crippen molar-refractivity contribution in [2.24, 2.45) is 17.8 Å². The van der Waals surface area contributed by atoms with Crippen molar-refractivity contribution in [2.75, 3.05) is 13.2 Å². The molecule has 2 nitrogen and oxygen atoms in total. The molecule has 1 fully saturated rings. The van der Waals surface area contributed by atoms with Gasteiger partial charge in [-0.25, -0.2) is 0 Å². The Morgan fingerprint density at radius 3 is 2.47 bits per heavy atom. The average molecular weight is 242 g/mol. The first-order chi connectivity index (χ1) is 7.94. The van der Waals surface area contributed by atoms with Crippen LogP contribution < -0.4 is 5.73 Å². The normalized spacial score (nSPS) is 26.1. The molecule has 17 heavy (non-hydrogen) atoms. The molecular weight excluding hydrogens is 210 g/mol. The summed E-state index contributed by atoms with van der Waals surface area (Å²) in [4.78, 5) is 0. The zero-order chi connectivity index (χ0) is 12.9. The summed E-state index contributed by atoms with van der Waals surface area (Å²) in [6.45, 7) is 11.2. The van der Waals surface area contributed by atoms with Gasteiger partial charge in [-0.1, -0.05) is 20.3 Å². The van der Waals surface area contributed by atoms with Crippen LogP contribution in [0, 0.1) is 17.8 Å². The van der Waals surface area contributed by atoms with E-state index in [0.717, 1.165) is 30.9 Å². The molecule has 0 radical (unpaired) electrons. The molecular formula is C15H32NO+. The highest BCUT2D eigenvalue weighted by molar-refractivity contribution is 4.83. The van der Waals surface area contributed by atoms with Gasteiger partial charge in [-0.3, -0.25) is 0 Å². The van der Waals surface area contributed by atoms with Gasteiger partial charge in [0.25, 0.3) is 0 Å². The minimum Gasteiger partial charge on any atom is -0.376 e. The van der Waals surface area contributed by atoms with E-state index in [4.69, 9.17) is 4.74 Å². The molecule has 0 amide bonds. The Hall–Kier alpha value is -0.0800. The summed E-state index contributed by atoms with van der Waals surface area (Å²) in [7, 11) is 0. The van der Waals surface area contributed by atoms with Crippen molar-refractivity contribution >= 4 is 0 Å². The SMILES string of the molecule is CC(C)CC[C@H](CC[NH3+])[C@@H]1CCOC(C)(C)C1. The van der Waals surface area contributed by atoms with E-state index >= 15 is 0 Å². The first-order valence-electron chi connectivity index (χ1n) is 7.38. The van der Waals surface area contributed by atoms with Gasteiger partial charge in [0.15, 0.2) is 0 Å². The molecule has 2 atom stereocenters. The van der Waals surface area contributed by atoms with Gasteiger partial charge in [0.2, 0.25) is 0 Å². The van der Waals surface area contributed by atoms with Crippen LogP contribution in [0.3, 0.4) is 0 Å². The predicted molar refractivity (Wildman–Crippen MR) is 72.7 cm³/mol. The lowest BCUT2D eigenvalue weighted by molar-refractivity contribution is -0.371. The molecule has 0 spiro atoms. The molecule has 102 valence electrons. The highest BCUT2D eigenvalue weighted by Crippen LogP contribution is 2.36. The summed E-state index contributed by atoms with van der Waals surface area (Å²) in [5.74, 6) is 2.56.